The van der Waals surface area contributed by atoms with E-state index in [1.54, 1.807) is 6.20 Å². The summed E-state index contributed by atoms with van der Waals surface area (Å²) in [4.78, 5) is 10.7. The van der Waals surface area contributed by atoms with E-state index in [1.807, 2.05) is 19.1 Å². The number of nitrogens with zero attached hydrogens (tertiary/aromatic N) is 3. The van der Waals surface area contributed by atoms with Crippen LogP contribution in [-0.4, -0.2) is 30.1 Å². The summed E-state index contributed by atoms with van der Waals surface area (Å²) in [5.74, 6) is 0.711. The van der Waals surface area contributed by atoms with Gasteiger partial charge in [-0.1, -0.05) is 18.2 Å². The summed E-state index contributed by atoms with van der Waals surface area (Å²) in [5.41, 5.74) is 2.23. The van der Waals surface area contributed by atoms with E-state index in [0.717, 1.165) is 25.2 Å². The van der Waals surface area contributed by atoms with E-state index in [4.69, 9.17) is 0 Å². The molecule has 4 nitrogen and oxygen atoms in total. The molecule has 1 heterocycles. The van der Waals surface area contributed by atoms with Crippen LogP contribution in [0.2, 0.25) is 0 Å². The van der Waals surface area contributed by atoms with Gasteiger partial charge in [0.1, 0.15) is 0 Å². The Bertz CT molecular complexity index is 499. The molecule has 0 unspecified atom stereocenters. The van der Waals surface area contributed by atoms with Crippen molar-refractivity contribution < 1.29 is 0 Å². The quantitative estimate of drug-likeness (QED) is 0.807. The molecule has 0 amide bonds. The molecule has 1 N–H and O–H groups in total. The second-order valence-corrected chi connectivity index (χ2v) is 4.56. The molecule has 0 spiro atoms. The summed E-state index contributed by atoms with van der Waals surface area (Å²) in [5, 5.41) is 3.24. The van der Waals surface area contributed by atoms with Gasteiger partial charge in [0.15, 0.2) is 0 Å². The summed E-state index contributed by atoms with van der Waals surface area (Å²) in [6.45, 7) is 3.85. The number of benzene rings is 1. The standard InChI is InChI=1S/C15H20N4/c1-13-9-11-17-15(18-13)16-10-6-12-19(2)14-7-4-3-5-8-14/h3-5,7-9,11H,6,10,12H2,1-2H3,(H,16,17,18). The molecule has 100 valence electrons. The molecule has 0 aliphatic carbocycles. The van der Waals surface area contributed by atoms with Crippen molar-refractivity contribution in [1.82, 2.24) is 9.97 Å². The van der Waals surface area contributed by atoms with Crippen LogP contribution in [0, 0.1) is 6.92 Å². The fourth-order valence-corrected chi connectivity index (χ4v) is 1.86. The van der Waals surface area contributed by atoms with E-state index < -0.39 is 0 Å². The fourth-order valence-electron chi connectivity index (χ4n) is 1.86. The van der Waals surface area contributed by atoms with Crippen LogP contribution < -0.4 is 10.2 Å². The van der Waals surface area contributed by atoms with E-state index in [-0.39, 0.29) is 0 Å². The highest BCUT2D eigenvalue weighted by molar-refractivity contribution is 5.44. The van der Waals surface area contributed by atoms with E-state index in [9.17, 15) is 0 Å². The van der Waals surface area contributed by atoms with Crippen molar-refractivity contribution in [2.24, 2.45) is 0 Å². The number of aromatic nitrogens is 2. The summed E-state index contributed by atoms with van der Waals surface area (Å²) in [7, 11) is 2.11. The topological polar surface area (TPSA) is 41.1 Å². The Morgan fingerprint density at radius 2 is 1.95 bits per heavy atom. The average molecular weight is 256 g/mol. The summed E-state index contributed by atoms with van der Waals surface area (Å²) in [6.07, 6.45) is 2.82. The molecular weight excluding hydrogens is 236 g/mol. The van der Waals surface area contributed by atoms with Crippen LogP contribution in [0.15, 0.2) is 42.6 Å². The van der Waals surface area contributed by atoms with Gasteiger partial charge in [0.2, 0.25) is 5.95 Å². The zero-order valence-electron chi connectivity index (χ0n) is 11.5. The summed E-state index contributed by atoms with van der Waals surface area (Å²) in [6, 6.07) is 12.3. The van der Waals surface area contributed by atoms with E-state index >= 15 is 0 Å². The Balaban J connectivity index is 1.72. The second kappa shape index (κ2) is 6.73. The molecule has 0 saturated carbocycles. The van der Waals surface area contributed by atoms with Crippen molar-refractivity contribution in [1.29, 1.82) is 0 Å². The number of rotatable bonds is 6. The SMILES string of the molecule is Cc1ccnc(NCCCN(C)c2ccccc2)n1. The number of nitrogens with one attached hydrogen (secondary N) is 1. The predicted octanol–water partition coefficient (Wildman–Crippen LogP) is 2.72. The minimum Gasteiger partial charge on any atom is -0.375 e. The van der Waals surface area contributed by atoms with Crippen molar-refractivity contribution in [3.05, 3.63) is 48.3 Å². The maximum atomic E-state index is 4.31. The Morgan fingerprint density at radius 3 is 2.68 bits per heavy atom. The first-order valence-electron chi connectivity index (χ1n) is 6.55. The molecule has 0 saturated heterocycles. The monoisotopic (exact) mass is 256 g/mol. The van der Waals surface area contributed by atoms with Crippen LogP contribution in [-0.2, 0) is 0 Å². The van der Waals surface area contributed by atoms with E-state index in [0.29, 0.717) is 5.95 Å². The molecule has 2 aromatic rings. The van der Waals surface area contributed by atoms with Gasteiger partial charge in [0.05, 0.1) is 0 Å². The highest BCUT2D eigenvalue weighted by Crippen LogP contribution is 2.10. The molecule has 1 aromatic carbocycles. The second-order valence-electron chi connectivity index (χ2n) is 4.56. The van der Waals surface area contributed by atoms with Crippen LogP contribution in [0.1, 0.15) is 12.1 Å². The smallest absolute Gasteiger partial charge is 0.222 e. The van der Waals surface area contributed by atoms with Crippen LogP contribution in [0.5, 0.6) is 0 Å². The lowest BCUT2D eigenvalue weighted by Crippen LogP contribution is -2.21. The van der Waals surface area contributed by atoms with Gasteiger partial charge in [-0.15, -0.1) is 0 Å². The first kappa shape index (κ1) is 13.3. The minimum absolute atomic E-state index is 0.711. The average Bonchev–Trinajstić information content (AvgIpc) is 2.44. The summed E-state index contributed by atoms with van der Waals surface area (Å²) >= 11 is 0. The first-order valence-corrected chi connectivity index (χ1v) is 6.55. The molecule has 0 bridgehead atoms. The van der Waals surface area contributed by atoms with Crippen molar-refractivity contribution >= 4 is 11.6 Å². The largest absolute Gasteiger partial charge is 0.375 e. The first-order chi connectivity index (χ1) is 9.25. The van der Waals surface area contributed by atoms with Gasteiger partial charge >= 0.3 is 0 Å². The lowest BCUT2D eigenvalue weighted by Gasteiger charge is -2.19. The van der Waals surface area contributed by atoms with Crippen molar-refractivity contribution in [2.75, 3.05) is 30.4 Å². The van der Waals surface area contributed by atoms with Crippen LogP contribution in [0.25, 0.3) is 0 Å². The van der Waals surface area contributed by atoms with Crippen molar-refractivity contribution in [2.45, 2.75) is 13.3 Å². The highest BCUT2D eigenvalue weighted by atomic mass is 15.1. The van der Waals surface area contributed by atoms with Gasteiger partial charge in [0.25, 0.3) is 0 Å². The van der Waals surface area contributed by atoms with E-state index in [1.165, 1.54) is 5.69 Å². The maximum Gasteiger partial charge on any atom is 0.222 e. The van der Waals surface area contributed by atoms with Crippen LogP contribution in [0.3, 0.4) is 0 Å². The number of aryl methyl sites for hydroxylation is 1. The van der Waals surface area contributed by atoms with Gasteiger partial charge in [-0.2, -0.15) is 0 Å². The van der Waals surface area contributed by atoms with Gasteiger partial charge < -0.3 is 10.2 Å². The Kier molecular flexibility index (Phi) is 4.72. The normalized spacial score (nSPS) is 10.2. The molecular formula is C15H20N4. The number of anilines is 2. The lowest BCUT2D eigenvalue weighted by atomic mass is 10.3. The zero-order chi connectivity index (χ0) is 13.5. The molecule has 0 aliphatic heterocycles. The Labute approximate surface area is 114 Å². The third-order valence-corrected chi connectivity index (χ3v) is 2.95. The Morgan fingerprint density at radius 1 is 1.16 bits per heavy atom. The Hall–Kier alpha value is -2.10. The van der Waals surface area contributed by atoms with Gasteiger partial charge in [-0.25, -0.2) is 9.97 Å². The molecule has 4 heteroatoms. The third-order valence-electron chi connectivity index (χ3n) is 2.95. The molecule has 0 fully saturated rings. The minimum atomic E-state index is 0.711. The number of hydrogen-bond acceptors (Lipinski definition) is 4. The molecule has 2 rings (SSSR count). The van der Waals surface area contributed by atoms with Gasteiger partial charge in [0, 0.05) is 37.7 Å². The van der Waals surface area contributed by atoms with Crippen LogP contribution in [0.4, 0.5) is 11.6 Å². The van der Waals surface area contributed by atoms with Gasteiger partial charge in [-0.05, 0) is 31.5 Å². The molecule has 19 heavy (non-hydrogen) atoms. The third kappa shape index (κ3) is 4.25. The van der Waals surface area contributed by atoms with E-state index in [2.05, 4.69) is 51.5 Å². The molecule has 0 atom stereocenters. The molecule has 0 radical (unpaired) electrons. The number of para-hydroxylation sites is 1. The molecule has 0 aliphatic rings. The predicted molar refractivity (Wildman–Crippen MR) is 79.6 cm³/mol. The molecule has 1 aromatic heterocycles. The fraction of sp³-hybridized carbons (Fsp3) is 0.333. The maximum absolute atomic E-state index is 4.31. The summed E-state index contributed by atoms with van der Waals surface area (Å²) < 4.78 is 0. The van der Waals surface area contributed by atoms with Crippen molar-refractivity contribution in [3.63, 3.8) is 0 Å². The highest BCUT2D eigenvalue weighted by Gasteiger charge is 2.00. The lowest BCUT2D eigenvalue weighted by molar-refractivity contribution is 0.810. The number of hydrogen-bond donors (Lipinski definition) is 1. The van der Waals surface area contributed by atoms with Crippen LogP contribution >= 0.6 is 0 Å². The zero-order valence-corrected chi connectivity index (χ0v) is 11.5. The van der Waals surface area contributed by atoms with Crippen molar-refractivity contribution in [3.8, 4) is 0 Å². The van der Waals surface area contributed by atoms with Gasteiger partial charge in [-0.3, -0.25) is 0 Å².